The van der Waals surface area contributed by atoms with Crippen LogP contribution in [0.4, 0.5) is 0 Å². The summed E-state index contributed by atoms with van der Waals surface area (Å²) < 4.78 is 16.1. The zero-order valence-corrected chi connectivity index (χ0v) is 11.1. The van der Waals surface area contributed by atoms with E-state index in [4.69, 9.17) is 14.2 Å². The molecule has 0 bridgehead atoms. The van der Waals surface area contributed by atoms with Gasteiger partial charge < -0.3 is 14.2 Å². The predicted molar refractivity (Wildman–Crippen MR) is 65.1 cm³/mol. The molecule has 3 fully saturated rings. The first kappa shape index (κ1) is 12.4. The Hall–Kier alpha value is -0.610. The number of esters is 1. The van der Waals surface area contributed by atoms with Crippen LogP contribution in [-0.2, 0) is 19.0 Å². The van der Waals surface area contributed by atoms with Crippen molar-refractivity contribution in [1.82, 2.24) is 0 Å². The molecule has 2 aliphatic heterocycles. The molecule has 6 unspecified atom stereocenters. The minimum atomic E-state index is -0.0653. The van der Waals surface area contributed by atoms with Crippen molar-refractivity contribution in [2.75, 3.05) is 7.11 Å². The second-order valence-corrected chi connectivity index (χ2v) is 5.77. The van der Waals surface area contributed by atoms with Gasteiger partial charge in [-0.15, -0.1) is 0 Å². The second-order valence-electron chi connectivity index (χ2n) is 5.77. The Balaban J connectivity index is 1.59. The fourth-order valence-corrected chi connectivity index (χ4v) is 3.43. The molecule has 4 heteroatoms. The van der Waals surface area contributed by atoms with Crippen LogP contribution in [0.3, 0.4) is 0 Å². The highest BCUT2D eigenvalue weighted by atomic mass is 16.6. The van der Waals surface area contributed by atoms with Crippen molar-refractivity contribution < 1.29 is 19.0 Å². The van der Waals surface area contributed by atoms with E-state index in [0.29, 0.717) is 24.2 Å². The zero-order valence-electron chi connectivity index (χ0n) is 11.1. The van der Waals surface area contributed by atoms with Crippen molar-refractivity contribution in [2.24, 2.45) is 11.8 Å². The number of carbonyl (C=O) groups is 1. The van der Waals surface area contributed by atoms with Crippen LogP contribution in [0.15, 0.2) is 0 Å². The predicted octanol–water partition coefficient (Wildman–Crippen LogP) is 1.91. The molecule has 2 saturated heterocycles. The van der Waals surface area contributed by atoms with Gasteiger partial charge in [-0.05, 0) is 38.0 Å². The molecule has 0 aromatic rings. The molecule has 1 aliphatic carbocycles. The zero-order chi connectivity index (χ0) is 12.7. The van der Waals surface area contributed by atoms with Gasteiger partial charge in [0.2, 0.25) is 0 Å². The Morgan fingerprint density at radius 1 is 1.28 bits per heavy atom. The van der Waals surface area contributed by atoms with Crippen molar-refractivity contribution >= 4 is 5.97 Å². The van der Waals surface area contributed by atoms with E-state index >= 15 is 0 Å². The van der Waals surface area contributed by atoms with E-state index in [9.17, 15) is 4.79 Å². The van der Waals surface area contributed by atoms with Crippen molar-refractivity contribution in [3.8, 4) is 0 Å². The van der Waals surface area contributed by atoms with Crippen LogP contribution in [0.2, 0.25) is 0 Å². The molecule has 0 aromatic heterocycles. The van der Waals surface area contributed by atoms with Crippen LogP contribution in [0.5, 0.6) is 0 Å². The molecule has 18 heavy (non-hydrogen) atoms. The Labute approximate surface area is 108 Å². The number of hydrogen-bond donors (Lipinski definition) is 0. The topological polar surface area (TPSA) is 51.4 Å². The molecule has 102 valence electrons. The summed E-state index contributed by atoms with van der Waals surface area (Å²) in [5, 5.41) is 0. The highest BCUT2D eigenvalue weighted by molar-refractivity contribution is 5.72. The van der Waals surface area contributed by atoms with Gasteiger partial charge in [0.25, 0.3) is 0 Å². The maximum Gasteiger partial charge on any atom is 0.309 e. The van der Waals surface area contributed by atoms with E-state index in [-0.39, 0.29) is 18.0 Å². The van der Waals surface area contributed by atoms with E-state index in [1.54, 1.807) is 0 Å². The molecule has 3 aliphatic rings. The van der Waals surface area contributed by atoms with Crippen molar-refractivity contribution in [1.29, 1.82) is 0 Å². The van der Waals surface area contributed by atoms with Gasteiger partial charge in [-0.2, -0.15) is 0 Å². The molecule has 0 spiro atoms. The largest absolute Gasteiger partial charge is 0.469 e. The van der Waals surface area contributed by atoms with Crippen LogP contribution < -0.4 is 0 Å². The lowest BCUT2D eigenvalue weighted by Crippen LogP contribution is -2.30. The van der Waals surface area contributed by atoms with E-state index < -0.39 is 0 Å². The van der Waals surface area contributed by atoms with Gasteiger partial charge in [-0.1, -0.05) is 6.92 Å². The molecular weight excluding hydrogens is 232 g/mol. The minimum Gasteiger partial charge on any atom is -0.469 e. The monoisotopic (exact) mass is 254 g/mol. The van der Waals surface area contributed by atoms with Gasteiger partial charge in [0.05, 0.1) is 37.4 Å². The van der Waals surface area contributed by atoms with Gasteiger partial charge in [-0.25, -0.2) is 0 Å². The molecule has 1 saturated carbocycles. The highest BCUT2D eigenvalue weighted by Gasteiger charge is 2.49. The average molecular weight is 254 g/mol. The van der Waals surface area contributed by atoms with Crippen molar-refractivity contribution in [2.45, 2.75) is 63.4 Å². The summed E-state index contributed by atoms with van der Waals surface area (Å²) >= 11 is 0. The van der Waals surface area contributed by atoms with E-state index in [1.807, 2.05) is 0 Å². The molecule has 2 heterocycles. The number of epoxide rings is 2. The molecule has 0 aromatic carbocycles. The summed E-state index contributed by atoms with van der Waals surface area (Å²) in [4.78, 5) is 12.0. The lowest BCUT2D eigenvalue weighted by atomic mass is 9.77. The van der Waals surface area contributed by atoms with Crippen LogP contribution in [-0.4, -0.2) is 37.5 Å². The van der Waals surface area contributed by atoms with Gasteiger partial charge in [-0.3, -0.25) is 4.79 Å². The third-order valence-corrected chi connectivity index (χ3v) is 4.69. The summed E-state index contributed by atoms with van der Waals surface area (Å²) in [5.41, 5.74) is 0. The first-order valence-corrected chi connectivity index (χ1v) is 7.11. The third-order valence-electron chi connectivity index (χ3n) is 4.69. The lowest BCUT2D eigenvalue weighted by molar-refractivity contribution is -0.148. The maximum absolute atomic E-state index is 12.0. The fourth-order valence-electron chi connectivity index (χ4n) is 3.43. The summed E-state index contributed by atoms with van der Waals surface area (Å²) in [7, 11) is 1.49. The SMILES string of the molecule is CCC1OC1CC(C(=O)OC)C1CCC2OC2C1. The molecule has 3 rings (SSSR count). The van der Waals surface area contributed by atoms with Gasteiger partial charge in [0.15, 0.2) is 0 Å². The first-order valence-electron chi connectivity index (χ1n) is 7.11. The summed E-state index contributed by atoms with van der Waals surface area (Å²) in [6.07, 6.45) is 6.62. The fraction of sp³-hybridized carbons (Fsp3) is 0.929. The lowest BCUT2D eigenvalue weighted by Gasteiger charge is -2.26. The molecular formula is C14H22O4. The van der Waals surface area contributed by atoms with Gasteiger partial charge >= 0.3 is 5.97 Å². The smallest absolute Gasteiger partial charge is 0.309 e. The molecule has 6 atom stereocenters. The first-order chi connectivity index (χ1) is 8.72. The van der Waals surface area contributed by atoms with Gasteiger partial charge in [0, 0.05) is 0 Å². The van der Waals surface area contributed by atoms with Crippen LogP contribution in [0.1, 0.15) is 39.0 Å². The summed E-state index contributed by atoms with van der Waals surface area (Å²) in [6.45, 7) is 2.13. The average Bonchev–Trinajstić information content (AvgIpc) is 3.28. The van der Waals surface area contributed by atoms with Gasteiger partial charge in [0.1, 0.15) is 0 Å². The normalized spacial score (nSPS) is 42.9. The molecule has 0 radical (unpaired) electrons. The van der Waals surface area contributed by atoms with Crippen LogP contribution in [0.25, 0.3) is 0 Å². The molecule has 0 N–H and O–H groups in total. The Morgan fingerprint density at radius 3 is 2.72 bits per heavy atom. The minimum absolute atomic E-state index is 0.00157. The van der Waals surface area contributed by atoms with Crippen LogP contribution in [0, 0.1) is 11.8 Å². The van der Waals surface area contributed by atoms with Crippen LogP contribution >= 0.6 is 0 Å². The number of rotatable bonds is 5. The maximum atomic E-state index is 12.0. The Morgan fingerprint density at radius 2 is 2.11 bits per heavy atom. The number of ether oxygens (including phenoxy) is 3. The van der Waals surface area contributed by atoms with E-state index in [2.05, 4.69) is 6.92 Å². The molecule has 4 nitrogen and oxygen atoms in total. The standard InChI is InChI=1S/C14H22O4/c1-3-10-13(17-10)7-9(14(15)16-2)8-4-5-11-12(6-8)18-11/h8-13H,3-7H2,1-2H3. The number of hydrogen-bond acceptors (Lipinski definition) is 4. The highest BCUT2D eigenvalue weighted by Crippen LogP contribution is 2.45. The summed E-state index contributed by atoms with van der Waals surface area (Å²) in [5.74, 6) is 0.356. The molecule has 0 amide bonds. The Kier molecular flexibility index (Phi) is 3.32. The Bertz CT molecular complexity index is 330. The number of carbonyl (C=O) groups excluding carboxylic acids is 1. The van der Waals surface area contributed by atoms with E-state index in [1.165, 1.54) is 7.11 Å². The number of fused-ring (bicyclic) bond motifs is 1. The quantitative estimate of drug-likeness (QED) is 0.555. The van der Waals surface area contributed by atoms with Crippen molar-refractivity contribution in [3.63, 3.8) is 0 Å². The second kappa shape index (κ2) is 4.82. The number of methoxy groups -OCH3 is 1. The van der Waals surface area contributed by atoms with E-state index in [0.717, 1.165) is 32.1 Å². The van der Waals surface area contributed by atoms with Crippen molar-refractivity contribution in [3.05, 3.63) is 0 Å². The third kappa shape index (κ3) is 2.41. The summed E-state index contributed by atoms with van der Waals surface area (Å²) in [6, 6.07) is 0.